The number of aromatic nitrogens is 1. The van der Waals surface area contributed by atoms with Gasteiger partial charge in [0, 0.05) is 18.0 Å². The van der Waals surface area contributed by atoms with E-state index in [1.165, 1.54) is 19.3 Å². The molecule has 1 aliphatic carbocycles. The number of allylic oxidation sites excluding steroid dienone is 1. The fraction of sp³-hybridized carbons (Fsp3) is 0.500. The molecule has 3 unspecified atom stereocenters. The predicted octanol–water partition coefficient (Wildman–Crippen LogP) is 6.75. The molecule has 0 saturated heterocycles. The Bertz CT molecular complexity index is 1020. The van der Waals surface area contributed by atoms with Gasteiger partial charge in [-0.2, -0.15) is 35.1 Å². The molecule has 0 spiro atoms. The predicted molar refractivity (Wildman–Crippen MR) is 103 cm³/mol. The van der Waals surface area contributed by atoms with E-state index in [1.54, 1.807) is 6.92 Å². The Hall–Kier alpha value is -1.63. The quantitative estimate of drug-likeness (QED) is 0.325. The van der Waals surface area contributed by atoms with Crippen molar-refractivity contribution in [3.8, 4) is 0 Å². The highest BCUT2D eigenvalue weighted by Gasteiger charge is 2.59. The van der Waals surface area contributed by atoms with Crippen LogP contribution >= 0.6 is 11.8 Å². The average Bonchev–Trinajstić information content (AvgIpc) is 3.25. The van der Waals surface area contributed by atoms with Gasteiger partial charge in [0.05, 0.1) is 15.0 Å². The monoisotopic (exact) mass is 494 g/mol. The molecular weight excluding hydrogens is 476 g/mol. The average molecular weight is 494 g/mol. The summed E-state index contributed by atoms with van der Waals surface area (Å²) < 4.78 is 120. The van der Waals surface area contributed by atoms with Crippen LogP contribution in [0, 0.1) is 0 Å². The smallest absolute Gasteiger partial charge is 0.251 e. The lowest BCUT2D eigenvalue weighted by molar-refractivity contribution is -0.264. The third-order valence-corrected chi connectivity index (χ3v) is 8.39. The van der Waals surface area contributed by atoms with Crippen molar-refractivity contribution in [2.75, 3.05) is 6.26 Å². The van der Waals surface area contributed by atoms with Crippen LogP contribution in [0.2, 0.25) is 0 Å². The third kappa shape index (κ3) is 5.41. The van der Waals surface area contributed by atoms with Gasteiger partial charge in [-0.15, -0.1) is 0 Å². The standard InChI is InChI=1S/C18H18F8N2OS2/c1-10-7-15(10,30-9-11(2)16(19,20)18(24,25)26)28-31(4,29)12(3)13-5-6-14(27-8-13)17(21,22)23/h5-9,12H,1-4H3/b11-9+. The first-order valence-electron chi connectivity index (χ1n) is 8.58. The lowest BCUT2D eigenvalue weighted by Gasteiger charge is -2.22. The summed E-state index contributed by atoms with van der Waals surface area (Å²) in [6.45, 7) is 3.62. The van der Waals surface area contributed by atoms with Gasteiger partial charge in [0.2, 0.25) is 0 Å². The number of halogens is 8. The zero-order chi connectivity index (χ0) is 24.0. The molecule has 0 radical (unpaired) electrons. The normalized spacial score (nSPS) is 23.1. The molecule has 0 aliphatic heterocycles. The van der Waals surface area contributed by atoms with Gasteiger partial charge in [0.1, 0.15) is 5.69 Å². The molecule has 0 bridgehead atoms. The van der Waals surface area contributed by atoms with Crippen LogP contribution in [0.4, 0.5) is 35.1 Å². The van der Waals surface area contributed by atoms with Crippen LogP contribution in [-0.4, -0.2) is 32.4 Å². The maximum atomic E-state index is 13.4. The molecule has 13 heteroatoms. The van der Waals surface area contributed by atoms with Crippen molar-refractivity contribution in [2.24, 2.45) is 4.36 Å². The number of alkyl halides is 8. The van der Waals surface area contributed by atoms with Crippen molar-refractivity contribution < 1.29 is 39.3 Å². The van der Waals surface area contributed by atoms with E-state index >= 15 is 0 Å². The topological polar surface area (TPSA) is 42.3 Å². The Kier molecular flexibility index (Phi) is 6.66. The van der Waals surface area contributed by atoms with Gasteiger partial charge in [-0.25, -0.2) is 8.57 Å². The summed E-state index contributed by atoms with van der Waals surface area (Å²) in [6.07, 6.45) is -6.79. The Morgan fingerprint density at radius 3 is 2.13 bits per heavy atom. The van der Waals surface area contributed by atoms with E-state index in [-0.39, 0.29) is 5.56 Å². The molecule has 1 aliphatic rings. The zero-order valence-electron chi connectivity index (χ0n) is 16.6. The Labute approximate surface area is 178 Å². The second-order valence-corrected chi connectivity index (χ2v) is 10.8. The van der Waals surface area contributed by atoms with Crippen LogP contribution in [0.1, 0.15) is 37.3 Å². The first-order valence-corrected chi connectivity index (χ1v) is 11.4. The molecule has 1 aromatic rings. The van der Waals surface area contributed by atoms with E-state index in [4.69, 9.17) is 0 Å². The largest absolute Gasteiger partial charge is 0.457 e. The van der Waals surface area contributed by atoms with Crippen LogP contribution in [0.5, 0.6) is 0 Å². The molecule has 1 heterocycles. The SMILES string of the molecule is CC1=CC1(N=S(C)(=O)C(C)c1ccc(C(F)(F)F)nc1)S/C=C(\C)C(F)(F)C(F)(F)F. The molecule has 174 valence electrons. The van der Waals surface area contributed by atoms with Gasteiger partial charge in [-0.3, -0.25) is 4.98 Å². The maximum absolute atomic E-state index is 13.4. The first-order chi connectivity index (χ1) is 13.8. The van der Waals surface area contributed by atoms with Crippen LogP contribution in [0.3, 0.4) is 0 Å². The number of thioether (sulfide) groups is 1. The number of nitrogens with zero attached hydrogens (tertiary/aromatic N) is 2. The van der Waals surface area contributed by atoms with E-state index in [2.05, 4.69) is 9.35 Å². The second-order valence-electron chi connectivity index (χ2n) is 7.08. The highest BCUT2D eigenvalue weighted by Crippen LogP contribution is 2.52. The molecule has 0 N–H and O–H groups in total. The van der Waals surface area contributed by atoms with Crippen molar-refractivity contribution in [1.82, 2.24) is 4.98 Å². The van der Waals surface area contributed by atoms with Crippen molar-refractivity contribution in [1.29, 1.82) is 0 Å². The Morgan fingerprint density at radius 2 is 1.74 bits per heavy atom. The molecule has 0 amide bonds. The van der Waals surface area contributed by atoms with Gasteiger partial charge in [-0.1, -0.05) is 17.8 Å². The van der Waals surface area contributed by atoms with Gasteiger partial charge in [-0.05, 0) is 49.5 Å². The molecule has 0 fully saturated rings. The first kappa shape index (κ1) is 25.6. The van der Waals surface area contributed by atoms with Gasteiger partial charge in [0.25, 0.3) is 0 Å². The molecule has 3 nitrogen and oxygen atoms in total. The number of hydrogen-bond donors (Lipinski definition) is 0. The maximum Gasteiger partial charge on any atom is 0.457 e. The van der Waals surface area contributed by atoms with E-state index in [9.17, 15) is 39.3 Å². The van der Waals surface area contributed by atoms with E-state index in [0.29, 0.717) is 29.7 Å². The highest BCUT2D eigenvalue weighted by molar-refractivity contribution is 8.04. The summed E-state index contributed by atoms with van der Waals surface area (Å²) >= 11 is 0.549. The minimum atomic E-state index is -5.76. The van der Waals surface area contributed by atoms with Gasteiger partial charge in [0.15, 0.2) is 4.87 Å². The number of rotatable bonds is 6. The van der Waals surface area contributed by atoms with Crippen LogP contribution < -0.4 is 0 Å². The zero-order valence-corrected chi connectivity index (χ0v) is 18.2. The van der Waals surface area contributed by atoms with E-state index < -0.39 is 49.4 Å². The van der Waals surface area contributed by atoms with Crippen molar-refractivity contribution in [2.45, 2.75) is 49.2 Å². The lowest BCUT2D eigenvalue weighted by Crippen LogP contribution is -2.37. The summed E-state index contributed by atoms with van der Waals surface area (Å²) in [4.78, 5) is 1.95. The van der Waals surface area contributed by atoms with Crippen LogP contribution in [0.15, 0.2) is 45.3 Å². The fourth-order valence-corrected chi connectivity index (χ4v) is 5.48. The molecule has 1 aromatic heterocycles. The third-order valence-electron chi connectivity index (χ3n) is 4.68. The van der Waals surface area contributed by atoms with Crippen molar-refractivity contribution >= 4 is 21.5 Å². The highest BCUT2D eigenvalue weighted by atomic mass is 32.2. The molecule has 2 rings (SSSR count). The summed E-state index contributed by atoms with van der Waals surface area (Å²) in [5.41, 5.74) is -1.65. The summed E-state index contributed by atoms with van der Waals surface area (Å²) in [5, 5.41) is -0.257. The van der Waals surface area contributed by atoms with E-state index in [1.807, 2.05) is 0 Å². The van der Waals surface area contributed by atoms with Crippen molar-refractivity contribution in [3.05, 3.63) is 52.2 Å². The van der Waals surface area contributed by atoms with Crippen LogP contribution in [-0.2, 0) is 15.9 Å². The Balaban J connectivity index is 2.30. The summed E-state index contributed by atoms with van der Waals surface area (Å²) in [7, 11) is -3.16. The van der Waals surface area contributed by atoms with Gasteiger partial charge >= 0.3 is 18.3 Å². The minimum absolute atomic E-state index is 0.207. The molecule has 31 heavy (non-hydrogen) atoms. The molecular formula is C18H18F8N2OS2. The second kappa shape index (κ2) is 8.05. The van der Waals surface area contributed by atoms with Crippen molar-refractivity contribution in [3.63, 3.8) is 0 Å². The summed E-state index contributed by atoms with van der Waals surface area (Å²) in [6, 6.07) is 1.85. The molecule has 3 atom stereocenters. The Morgan fingerprint density at radius 1 is 1.19 bits per heavy atom. The minimum Gasteiger partial charge on any atom is -0.251 e. The number of pyridine rings is 1. The summed E-state index contributed by atoms with van der Waals surface area (Å²) in [5.74, 6) is -5.03. The van der Waals surface area contributed by atoms with Gasteiger partial charge < -0.3 is 0 Å². The number of hydrogen-bond acceptors (Lipinski definition) is 4. The van der Waals surface area contributed by atoms with E-state index in [0.717, 1.165) is 18.3 Å². The molecule has 0 aromatic carbocycles. The van der Waals surface area contributed by atoms with Crippen LogP contribution in [0.25, 0.3) is 0 Å². The lowest BCUT2D eigenvalue weighted by atomic mass is 10.2. The fourth-order valence-electron chi connectivity index (χ4n) is 2.39. The molecule has 0 saturated carbocycles.